The lowest BCUT2D eigenvalue weighted by Gasteiger charge is -2.74. The number of nitrogens with one attached hydrogen (secondary N) is 1. The van der Waals surface area contributed by atoms with Crippen LogP contribution >= 0.6 is 0 Å². The number of furan rings is 1. The van der Waals surface area contributed by atoms with Crippen molar-refractivity contribution in [1.82, 2.24) is 10.2 Å². The van der Waals surface area contributed by atoms with Crippen LogP contribution in [0.15, 0.2) is 95.3 Å². The Morgan fingerprint density at radius 3 is 2.67 bits per heavy atom. The smallest absolute Gasteiger partial charge is 0.339 e. The van der Waals surface area contributed by atoms with E-state index in [1.807, 2.05) is 6.07 Å². The minimum atomic E-state index is -1.59. The third-order valence-corrected chi connectivity index (χ3v) is 31.7. The number of rotatable bonds is 8. The number of benzene rings is 1. The summed E-state index contributed by atoms with van der Waals surface area (Å²) in [6, 6.07) is 13.2. The summed E-state index contributed by atoms with van der Waals surface area (Å²) in [6.07, 6.45) is 31.7. The van der Waals surface area contributed by atoms with Gasteiger partial charge in [-0.1, -0.05) is 112 Å². The molecule has 480 valence electrons. The minimum absolute atomic E-state index is 0.00606. The first kappa shape index (κ1) is 56.5. The Kier molecular flexibility index (Phi) is 11.7. The molecule has 1 aromatic heterocycles. The summed E-state index contributed by atoms with van der Waals surface area (Å²) in [4.78, 5) is 52.8. The summed E-state index contributed by atoms with van der Waals surface area (Å²) in [7, 11) is 0. The lowest BCUT2D eigenvalue weighted by Crippen LogP contribution is -2.84. The number of allylic oxidation sites excluding steroid dienone is 4. The van der Waals surface area contributed by atoms with Crippen LogP contribution in [-0.4, -0.2) is 106 Å². The first-order chi connectivity index (χ1) is 44.2. The van der Waals surface area contributed by atoms with Crippen LogP contribution < -0.4 is 5.32 Å². The summed E-state index contributed by atoms with van der Waals surface area (Å²) < 4.78 is 38.0. The predicted molar refractivity (Wildman–Crippen MR) is 334 cm³/mol. The normalized spacial score (nSPS) is 53.5. The third-order valence-electron chi connectivity index (χ3n) is 31.7. The zero-order valence-corrected chi connectivity index (χ0v) is 53.2. The van der Waals surface area contributed by atoms with E-state index in [0.29, 0.717) is 73.1 Å². The molecule has 11 aliphatic carbocycles. The van der Waals surface area contributed by atoms with Crippen LogP contribution in [0.2, 0.25) is 0 Å². The molecule has 29 atom stereocenters. The molecule has 13 heteroatoms. The lowest BCUT2D eigenvalue weighted by atomic mass is 9.28. The van der Waals surface area contributed by atoms with Gasteiger partial charge in [0.1, 0.15) is 29.7 Å². The molecule has 5 saturated heterocycles. The summed E-state index contributed by atoms with van der Waals surface area (Å²) >= 11 is 0. The Balaban J connectivity index is 0.809. The van der Waals surface area contributed by atoms with Gasteiger partial charge in [-0.05, 0) is 196 Å². The molecule has 29 unspecified atom stereocenters. The van der Waals surface area contributed by atoms with Crippen LogP contribution in [0.3, 0.4) is 0 Å². The molecule has 4 N–H and O–H groups in total. The van der Waals surface area contributed by atoms with Gasteiger partial charge in [0.2, 0.25) is 0 Å². The van der Waals surface area contributed by atoms with Crippen molar-refractivity contribution in [1.29, 1.82) is 0 Å². The Labute approximate surface area is 535 Å². The quantitative estimate of drug-likeness (QED) is 0.0850. The number of fused-ring (bicyclic) bond motifs is 6. The largest absolute Gasteiger partial charge is 0.469 e. The Bertz CT molecular complexity index is 3660. The second kappa shape index (κ2) is 18.8. The van der Waals surface area contributed by atoms with Gasteiger partial charge < -0.3 is 43.6 Å². The number of ether oxygens (including phenoxy) is 4. The van der Waals surface area contributed by atoms with Crippen LogP contribution in [0.1, 0.15) is 146 Å². The van der Waals surface area contributed by atoms with E-state index in [2.05, 4.69) is 109 Å². The Hall–Kier alpha value is -4.81. The highest BCUT2D eigenvalue weighted by molar-refractivity contribution is 5.94. The lowest BCUT2D eigenvalue weighted by molar-refractivity contribution is -0.315. The van der Waals surface area contributed by atoms with Crippen LogP contribution in [0, 0.1) is 134 Å². The standard InChI is InChI=1S/C78H92N2O11/c1-43-53-16-7-6-13-46(53)21-28-71(43)25-10-26-74-61(71)35-52-34-51-15-9-24-72(51)38-50-37-70(2)75(56-23-30-87-60(56)36-55(59(82)40-81)48-19-20-54-49(33-48)22-29-80-42-79-39-58(54)80)27-8-14-47-18-17-45(31-44-11-4-3-5-12-44)32-57(47)76(78(70)67(89-78)69(86)90-75)63(50)73(64(74)62(83)66(76)84)41-88-68(85)65(72)77(52,73)91-74/h3-5,10-12,21-23,25,28-30,35,43,45-51,53-55,57-59,61,63-67,79,81-82,84H,6-7,9,13,15-20,24,26-27,31-34,36-42H2,1-2H3. The molecule has 0 amide bonds. The van der Waals surface area contributed by atoms with Gasteiger partial charge >= 0.3 is 11.9 Å². The number of carbonyl (C=O) groups excluding carboxylic acids is 3. The second-order valence-corrected chi connectivity index (χ2v) is 34.0. The van der Waals surface area contributed by atoms with Crippen molar-refractivity contribution in [2.45, 2.75) is 189 Å². The van der Waals surface area contributed by atoms with Gasteiger partial charge in [-0.15, -0.1) is 0 Å². The number of epoxide rings is 1. The predicted octanol–water partition coefficient (Wildman–Crippen LogP) is 10.1. The van der Waals surface area contributed by atoms with Gasteiger partial charge in [-0.2, -0.15) is 0 Å². The average Bonchev–Trinajstić information content (AvgIpc) is 1.43. The number of hydrogen-bond acceptors (Lipinski definition) is 13. The van der Waals surface area contributed by atoms with Crippen molar-refractivity contribution in [2.75, 3.05) is 26.4 Å². The van der Waals surface area contributed by atoms with Gasteiger partial charge in [-0.3, -0.25) is 14.9 Å². The molecular weight excluding hydrogens is 1140 g/mol. The number of nitrogens with zero attached hydrogens (tertiary/aromatic N) is 1. The SMILES string of the molecule is CC1C2CCCCC2C=CC12C=CCC13OC45C(=CC21)CC1CCCC12CC1CC6(C)C7(c8ccoc8CC(C(O)CO)C8CCC9C(C=CN%10CNCC9%10)C8)CC#CC8CCC(Cc9ccccc9)CC8C8(C(O)C(=O)C3C4(COC(=O)C25)C18)C61OC1C(=O)O7. The van der Waals surface area contributed by atoms with Gasteiger partial charge in [0.15, 0.2) is 17.5 Å². The van der Waals surface area contributed by atoms with Crippen LogP contribution in [0.4, 0.5) is 0 Å². The highest BCUT2D eigenvalue weighted by Gasteiger charge is 3.00. The van der Waals surface area contributed by atoms with E-state index in [-0.39, 0.29) is 72.1 Å². The molecule has 1 aromatic carbocycles. The number of carbonyl (C=O) groups is 3. The molecule has 9 bridgehead atoms. The molecule has 8 heterocycles. The Morgan fingerprint density at radius 1 is 0.912 bits per heavy atom. The first-order valence-electron chi connectivity index (χ1n) is 36.3. The fourth-order valence-electron chi connectivity index (χ4n) is 29.0. The topological polar surface area (TPSA) is 181 Å². The van der Waals surface area contributed by atoms with Crippen LogP contribution in [0.25, 0.3) is 0 Å². The molecule has 7 aliphatic heterocycles. The minimum Gasteiger partial charge on any atom is -0.469 e. The molecule has 7 spiro atoms. The first-order valence-corrected chi connectivity index (χ1v) is 36.3. The summed E-state index contributed by atoms with van der Waals surface area (Å²) in [5.41, 5.74) is -6.83. The zero-order chi connectivity index (χ0) is 61.2. The number of aliphatic hydroxyl groups is 3. The van der Waals surface area contributed by atoms with Crippen molar-refractivity contribution in [3.05, 3.63) is 108 Å². The molecule has 0 radical (unpaired) electrons. The number of Topliss-reactive ketones (excluding diaryl/α,β-unsaturated/α-hetero) is 1. The molecular formula is C78H92N2O11. The zero-order valence-electron chi connectivity index (χ0n) is 53.2. The van der Waals surface area contributed by atoms with Crippen molar-refractivity contribution >= 4 is 17.7 Å². The summed E-state index contributed by atoms with van der Waals surface area (Å²) in [5.74, 6) is 6.55. The van der Waals surface area contributed by atoms with Gasteiger partial charge in [0.05, 0.1) is 54.9 Å². The van der Waals surface area contributed by atoms with Gasteiger partial charge in [-0.25, -0.2) is 4.79 Å². The average molecular weight is 1230 g/mol. The van der Waals surface area contributed by atoms with Crippen molar-refractivity contribution in [3.63, 3.8) is 0 Å². The van der Waals surface area contributed by atoms with Gasteiger partial charge in [0, 0.05) is 52.7 Å². The van der Waals surface area contributed by atoms with E-state index in [0.717, 1.165) is 77.4 Å². The highest BCUT2D eigenvalue weighted by Crippen LogP contribution is 2.92. The fraction of sp³-hybridized carbons (Fsp3) is 0.705. The summed E-state index contributed by atoms with van der Waals surface area (Å²) in [6.45, 7) is 6.21. The maximum Gasteiger partial charge on any atom is 0.339 e. The van der Waals surface area contributed by atoms with Gasteiger partial charge in [0.25, 0.3) is 0 Å². The monoisotopic (exact) mass is 1230 g/mol. The highest BCUT2D eigenvalue weighted by atomic mass is 16.7. The molecule has 20 rings (SSSR count). The molecule has 13 nitrogen and oxygen atoms in total. The molecule has 8 saturated carbocycles. The maximum absolute atomic E-state index is 18.0. The number of aliphatic hydroxyl groups excluding tert-OH is 3. The fourth-order valence-corrected chi connectivity index (χ4v) is 29.0. The molecule has 18 aliphatic rings. The van der Waals surface area contributed by atoms with E-state index in [9.17, 15) is 10.2 Å². The molecule has 2 aromatic rings. The molecule has 13 fully saturated rings. The van der Waals surface area contributed by atoms with E-state index >= 15 is 19.5 Å². The van der Waals surface area contributed by atoms with Crippen LogP contribution in [0.5, 0.6) is 0 Å². The Morgan fingerprint density at radius 2 is 1.79 bits per heavy atom. The van der Waals surface area contributed by atoms with Crippen LogP contribution in [-0.2, 0) is 51.8 Å². The van der Waals surface area contributed by atoms with E-state index in [1.54, 1.807) is 6.26 Å². The van der Waals surface area contributed by atoms with E-state index in [4.69, 9.17) is 23.4 Å². The van der Waals surface area contributed by atoms with Crippen molar-refractivity contribution in [3.8, 4) is 11.8 Å². The van der Waals surface area contributed by atoms with Crippen molar-refractivity contribution in [2.24, 2.45) is 122 Å². The number of hydrogen-bond donors (Lipinski definition) is 4. The number of ketones is 1. The summed E-state index contributed by atoms with van der Waals surface area (Å²) in [5, 5.41) is 42.0. The number of esters is 2. The maximum atomic E-state index is 18.0. The van der Waals surface area contributed by atoms with E-state index in [1.165, 1.54) is 36.8 Å². The van der Waals surface area contributed by atoms with E-state index < -0.39 is 104 Å². The third kappa shape index (κ3) is 6.41. The second-order valence-electron chi connectivity index (χ2n) is 34.0. The number of cyclic esters (lactones) is 1. The van der Waals surface area contributed by atoms with Crippen molar-refractivity contribution < 1.29 is 53.1 Å². The molecule has 91 heavy (non-hydrogen) atoms.